The van der Waals surface area contributed by atoms with Crippen molar-refractivity contribution in [2.45, 2.75) is 19.4 Å². The third kappa shape index (κ3) is 2.86. The highest BCUT2D eigenvalue weighted by molar-refractivity contribution is 7.18. The van der Waals surface area contributed by atoms with Gasteiger partial charge in [-0.15, -0.1) is 11.3 Å². The van der Waals surface area contributed by atoms with Crippen molar-refractivity contribution < 1.29 is 9.53 Å². The number of nitrogens with one attached hydrogen (secondary N) is 1. The Bertz CT molecular complexity index is 549. The monoisotopic (exact) mass is 294 g/mol. The standard InChI is InChI=1S/C13H18N4O2S/c1-3-19-13(18)11-10(15)9(6-14)12(20-11)16-8-4-5-17(2)7-8/h8,16H,3-5,7,15H2,1-2H3. The number of likely N-dealkylation sites (tertiary alicyclic amines) is 1. The molecule has 1 fully saturated rings. The van der Waals surface area contributed by atoms with Crippen molar-refractivity contribution in [2.75, 3.05) is 37.8 Å². The van der Waals surface area contributed by atoms with Gasteiger partial charge in [0.05, 0.1) is 12.3 Å². The molecule has 108 valence electrons. The molecule has 1 saturated heterocycles. The van der Waals surface area contributed by atoms with Crippen molar-refractivity contribution in [2.24, 2.45) is 0 Å². The summed E-state index contributed by atoms with van der Waals surface area (Å²) in [6.07, 6.45) is 1.01. The average molecular weight is 294 g/mol. The number of ether oxygens (including phenoxy) is 1. The number of esters is 1. The first-order valence-electron chi connectivity index (χ1n) is 6.51. The number of nitrogens with two attached hydrogens (primary N) is 1. The van der Waals surface area contributed by atoms with Gasteiger partial charge in [-0.3, -0.25) is 0 Å². The number of anilines is 2. The van der Waals surface area contributed by atoms with Crippen molar-refractivity contribution in [1.29, 1.82) is 5.26 Å². The van der Waals surface area contributed by atoms with Crippen LogP contribution in [0.3, 0.4) is 0 Å². The fourth-order valence-electron chi connectivity index (χ4n) is 2.24. The van der Waals surface area contributed by atoms with Gasteiger partial charge in [0.2, 0.25) is 0 Å². The summed E-state index contributed by atoms with van der Waals surface area (Å²) >= 11 is 1.20. The number of nitrogens with zero attached hydrogens (tertiary/aromatic N) is 2. The molecular formula is C13H18N4O2S. The fourth-order valence-corrected chi connectivity index (χ4v) is 3.28. The quantitative estimate of drug-likeness (QED) is 0.818. The summed E-state index contributed by atoms with van der Waals surface area (Å²) in [5, 5.41) is 13.2. The van der Waals surface area contributed by atoms with Crippen LogP contribution >= 0.6 is 11.3 Å². The van der Waals surface area contributed by atoms with Gasteiger partial charge in [0.1, 0.15) is 21.5 Å². The molecule has 1 aromatic heterocycles. The summed E-state index contributed by atoms with van der Waals surface area (Å²) < 4.78 is 4.95. The second-order valence-electron chi connectivity index (χ2n) is 4.77. The number of hydrogen-bond donors (Lipinski definition) is 2. The number of nitrogen functional groups attached to an aromatic ring is 1. The van der Waals surface area contributed by atoms with Crippen LogP contribution in [-0.4, -0.2) is 43.7 Å². The zero-order valence-corrected chi connectivity index (χ0v) is 12.4. The van der Waals surface area contributed by atoms with E-state index in [-0.39, 0.29) is 18.3 Å². The lowest BCUT2D eigenvalue weighted by molar-refractivity contribution is 0.0533. The van der Waals surface area contributed by atoms with Gasteiger partial charge >= 0.3 is 5.97 Å². The Morgan fingerprint density at radius 1 is 1.70 bits per heavy atom. The normalized spacial score (nSPS) is 18.8. The maximum absolute atomic E-state index is 11.8. The number of thiophene rings is 1. The van der Waals surface area contributed by atoms with Gasteiger partial charge in [-0.2, -0.15) is 5.26 Å². The van der Waals surface area contributed by atoms with Gasteiger partial charge in [0.15, 0.2) is 0 Å². The van der Waals surface area contributed by atoms with E-state index < -0.39 is 5.97 Å². The highest BCUT2D eigenvalue weighted by Gasteiger charge is 2.25. The zero-order chi connectivity index (χ0) is 14.7. The van der Waals surface area contributed by atoms with Crippen LogP contribution < -0.4 is 11.1 Å². The third-order valence-corrected chi connectivity index (χ3v) is 4.36. The van der Waals surface area contributed by atoms with Gasteiger partial charge < -0.3 is 20.7 Å². The molecule has 0 aliphatic carbocycles. The van der Waals surface area contributed by atoms with Crippen LogP contribution in [0.25, 0.3) is 0 Å². The minimum atomic E-state index is -0.469. The molecule has 1 unspecified atom stereocenters. The summed E-state index contributed by atoms with van der Waals surface area (Å²) in [4.78, 5) is 14.3. The van der Waals surface area contributed by atoms with Crippen LogP contribution in [0.2, 0.25) is 0 Å². The molecule has 0 bridgehead atoms. The molecule has 3 N–H and O–H groups in total. The van der Waals surface area contributed by atoms with E-state index in [2.05, 4.69) is 23.3 Å². The molecule has 0 spiro atoms. The lowest BCUT2D eigenvalue weighted by atomic mass is 10.2. The van der Waals surface area contributed by atoms with Crippen LogP contribution in [0.15, 0.2) is 0 Å². The molecule has 1 aromatic rings. The largest absolute Gasteiger partial charge is 0.462 e. The summed E-state index contributed by atoms with van der Waals surface area (Å²) in [7, 11) is 2.06. The summed E-state index contributed by atoms with van der Waals surface area (Å²) in [5.74, 6) is -0.469. The Balaban J connectivity index is 2.22. The van der Waals surface area contributed by atoms with Crippen LogP contribution in [-0.2, 0) is 4.74 Å². The summed E-state index contributed by atoms with van der Waals surface area (Å²) in [6.45, 7) is 3.96. The van der Waals surface area contributed by atoms with E-state index in [9.17, 15) is 10.1 Å². The molecule has 2 rings (SSSR count). The maximum Gasteiger partial charge on any atom is 0.350 e. The molecule has 0 saturated carbocycles. The van der Waals surface area contributed by atoms with Gasteiger partial charge in [0, 0.05) is 12.6 Å². The SMILES string of the molecule is CCOC(=O)c1sc(NC2CCN(C)C2)c(C#N)c1N. The molecule has 1 atom stereocenters. The Morgan fingerprint density at radius 3 is 3.00 bits per heavy atom. The maximum atomic E-state index is 11.8. The number of rotatable bonds is 4. The predicted octanol–water partition coefficient (Wildman–Crippen LogP) is 1.49. The first-order valence-corrected chi connectivity index (χ1v) is 7.33. The molecule has 1 aliphatic rings. The summed E-state index contributed by atoms with van der Waals surface area (Å²) in [5.41, 5.74) is 6.44. The molecule has 6 nitrogen and oxygen atoms in total. The second-order valence-corrected chi connectivity index (χ2v) is 5.79. The van der Waals surface area contributed by atoms with Gasteiger partial charge in [0.25, 0.3) is 0 Å². The molecule has 0 amide bonds. The van der Waals surface area contributed by atoms with E-state index in [4.69, 9.17) is 10.5 Å². The highest BCUT2D eigenvalue weighted by atomic mass is 32.1. The molecular weight excluding hydrogens is 276 g/mol. The van der Waals surface area contributed by atoms with E-state index in [1.807, 2.05) is 0 Å². The first-order chi connectivity index (χ1) is 9.56. The van der Waals surface area contributed by atoms with Crippen molar-refractivity contribution in [1.82, 2.24) is 4.90 Å². The van der Waals surface area contributed by atoms with E-state index in [1.54, 1.807) is 6.92 Å². The predicted molar refractivity (Wildman–Crippen MR) is 78.9 cm³/mol. The Hall–Kier alpha value is -1.78. The Labute approximate surface area is 122 Å². The van der Waals surface area contributed by atoms with E-state index >= 15 is 0 Å². The van der Waals surface area contributed by atoms with Crippen molar-refractivity contribution in [3.63, 3.8) is 0 Å². The van der Waals surface area contributed by atoms with Crippen LogP contribution in [0.4, 0.5) is 10.7 Å². The fraction of sp³-hybridized carbons (Fsp3) is 0.538. The number of carbonyl (C=O) groups excluding carboxylic acids is 1. The Morgan fingerprint density at radius 2 is 2.45 bits per heavy atom. The lowest BCUT2D eigenvalue weighted by Gasteiger charge is -2.12. The van der Waals surface area contributed by atoms with Crippen molar-refractivity contribution >= 4 is 28.0 Å². The minimum absolute atomic E-state index is 0.213. The van der Waals surface area contributed by atoms with Crippen LogP contribution in [0.5, 0.6) is 0 Å². The topological polar surface area (TPSA) is 91.4 Å². The van der Waals surface area contributed by atoms with E-state index in [0.717, 1.165) is 19.5 Å². The van der Waals surface area contributed by atoms with Gasteiger partial charge in [-0.05, 0) is 26.9 Å². The van der Waals surface area contributed by atoms with Gasteiger partial charge in [-0.1, -0.05) is 0 Å². The van der Waals surface area contributed by atoms with E-state index in [0.29, 0.717) is 15.4 Å². The first kappa shape index (κ1) is 14.6. The number of nitriles is 1. The number of likely N-dealkylation sites (N-methyl/N-ethyl adjacent to an activating group) is 1. The van der Waals surface area contributed by atoms with E-state index in [1.165, 1.54) is 11.3 Å². The average Bonchev–Trinajstić information content (AvgIpc) is 2.94. The van der Waals surface area contributed by atoms with Crippen LogP contribution in [0.1, 0.15) is 28.6 Å². The Kier molecular flexibility index (Phi) is 4.47. The van der Waals surface area contributed by atoms with Crippen molar-refractivity contribution in [3.8, 4) is 6.07 Å². The molecule has 7 heteroatoms. The van der Waals surface area contributed by atoms with Crippen molar-refractivity contribution in [3.05, 3.63) is 10.4 Å². The minimum Gasteiger partial charge on any atom is -0.462 e. The lowest BCUT2D eigenvalue weighted by Crippen LogP contribution is -2.23. The van der Waals surface area contributed by atoms with Crippen LogP contribution in [0, 0.1) is 11.3 Å². The molecule has 2 heterocycles. The summed E-state index contributed by atoms with van der Waals surface area (Å²) in [6, 6.07) is 2.35. The molecule has 0 radical (unpaired) electrons. The number of carbonyl (C=O) groups is 1. The smallest absolute Gasteiger partial charge is 0.350 e. The zero-order valence-electron chi connectivity index (χ0n) is 11.6. The molecule has 20 heavy (non-hydrogen) atoms. The molecule has 0 aromatic carbocycles. The second kappa shape index (κ2) is 6.11. The number of hydrogen-bond acceptors (Lipinski definition) is 7. The molecule has 1 aliphatic heterocycles. The highest BCUT2D eigenvalue weighted by Crippen LogP contribution is 2.36. The third-order valence-electron chi connectivity index (χ3n) is 3.24. The van der Waals surface area contributed by atoms with Gasteiger partial charge in [-0.25, -0.2) is 4.79 Å².